The van der Waals surface area contributed by atoms with Gasteiger partial charge in [-0.3, -0.25) is 34.2 Å². The standard InChI is InChI=1S/C72H62N14O3/c1-84(48-55-13-5-12-54(38-55)20-25-61-41-64(28-33-69(61)86-50-82-83-51-86)72(89)75-36-8-16-58-46-80-81-47-58)68-32-27-63(71(88)74-35-7-15-57-44-78-79-45-57)40-60(68)24-19-53-21-29-66(30-22-53)85-37-9-17-65(49-85)67-31-26-62(39-59(67)23-18-52-10-3-2-4-11-52)70(87)73-34-6-14-56-42-76-77-43-56/h2-5,9-13,17,21-22,26-33,37-47,49-51H,6-8,14-16,34-36,48H2,1H3,(H5-,73,74,75,76,77,78,79,80,81,87,88,89)/p+1. The third-order valence-electron chi connectivity index (χ3n) is 14.8. The first-order valence-electron chi connectivity index (χ1n) is 29.3. The number of benzene rings is 6. The lowest BCUT2D eigenvalue weighted by Gasteiger charge is -2.22. The molecule has 0 radical (unpaired) electrons. The Bertz CT molecular complexity index is 4390. The van der Waals surface area contributed by atoms with Gasteiger partial charge in [0, 0.05) is 131 Å². The van der Waals surface area contributed by atoms with E-state index in [0.717, 1.165) is 111 Å². The van der Waals surface area contributed by atoms with Crippen LogP contribution < -0.4 is 25.4 Å². The highest BCUT2D eigenvalue weighted by molar-refractivity contribution is 5.96. The van der Waals surface area contributed by atoms with Gasteiger partial charge in [-0.2, -0.15) is 19.9 Å². The van der Waals surface area contributed by atoms with Gasteiger partial charge >= 0.3 is 0 Å². The minimum absolute atomic E-state index is 0.158. The molecule has 0 aliphatic rings. The van der Waals surface area contributed by atoms with Crippen LogP contribution in [0.2, 0.25) is 0 Å². The molecule has 438 valence electrons. The monoisotopic (exact) mass is 1170 g/mol. The summed E-state index contributed by atoms with van der Waals surface area (Å²) < 4.78 is 3.82. The van der Waals surface area contributed by atoms with Gasteiger partial charge in [-0.1, -0.05) is 71.9 Å². The van der Waals surface area contributed by atoms with Gasteiger partial charge in [0.25, 0.3) is 17.7 Å². The number of H-pyrrole nitrogens is 3. The molecule has 0 unspecified atom stereocenters. The van der Waals surface area contributed by atoms with Crippen LogP contribution in [0.25, 0.3) is 22.5 Å². The first kappa shape index (κ1) is 58.9. The van der Waals surface area contributed by atoms with Crippen LogP contribution in [-0.2, 0) is 25.8 Å². The van der Waals surface area contributed by atoms with Crippen molar-refractivity contribution in [1.29, 1.82) is 0 Å². The molecule has 0 spiro atoms. The summed E-state index contributed by atoms with van der Waals surface area (Å²) in [5.41, 5.74) is 14.6. The van der Waals surface area contributed by atoms with E-state index < -0.39 is 0 Å². The summed E-state index contributed by atoms with van der Waals surface area (Å²) in [6, 6.07) is 46.6. The van der Waals surface area contributed by atoms with Crippen LogP contribution in [0.1, 0.15) is 106 Å². The van der Waals surface area contributed by atoms with Crippen LogP contribution >= 0.6 is 0 Å². The molecule has 0 atom stereocenters. The van der Waals surface area contributed by atoms with E-state index in [9.17, 15) is 14.4 Å². The number of pyridine rings is 1. The Kier molecular flexibility index (Phi) is 19.4. The average molecular weight is 1170 g/mol. The molecule has 6 N–H and O–H groups in total. The number of nitrogens with one attached hydrogen (secondary N) is 6. The highest BCUT2D eigenvalue weighted by Gasteiger charge is 2.17. The highest BCUT2D eigenvalue weighted by atomic mass is 16.2. The van der Waals surface area contributed by atoms with E-state index in [1.165, 1.54) is 0 Å². The van der Waals surface area contributed by atoms with Gasteiger partial charge in [0.2, 0.25) is 5.69 Å². The summed E-state index contributed by atoms with van der Waals surface area (Å²) >= 11 is 0. The maximum atomic E-state index is 13.7. The molecule has 0 saturated heterocycles. The lowest BCUT2D eigenvalue weighted by atomic mass is 9.98. The summed E-state index contributed by atoms with van der Waals surface area (Å²) in [6.45, 7) is 2.05. The van der Waals surface area contributed by atoms with E-state index in [2.05, 4.69) is 114 Å². The van der Waals surface area contributed by atoms with Crippen molar-refractivity contribution in [2.45, 2.75) is 45.1 Å². The lowest BCUT2D eigenvalue weighted by molar-refractivity contribution is -0.595. The number of amides is 3. The van der Waals surface area contributed by atoms with Gasteiger partial charge in [-0.05, 0) is 152 Å². The molecule has 0 aliphatic carbocycles. The molecule has 6 aromatic carbocycles. The Morgan fingerprint density at radius 3 is 1.64 bits per heavy atom. The Labute approximate surface area is 516 Å². The largest absolute Gasteiger partial charge is 0.369 e. The van der Waals surface area contributed by atoms with Crippen LogP contribution in [0.3, 0.4) is 0 Å². The van der Waals surface area contributed by atoms with Crippen molar-refractivity contribution in [3.05, 3.63) is 280 Å². The van der Waals surface area contributed by atoms with Crippen molar-refractivity contribution >= 4 is 23.4 Å². The van der Waals surface area contributed by atoms with E-state index in [1.54, 1.807) is 47.9 Å². The van der Waals surface area contributed by atoms with Gasteiger partial charge in [0.05, 0.1) is 30.0 Å². The SMILES string of the molecule is CN(Cc1cccc(C#Cc2cc(C(=O)NCCCc3cn[nH]c3)ccc2-n2cnnc2)c1)c1ccc(C(=O)NCCCc2cn[nH]c2)cc1C#Cc1ccc(-[n+]2cccc(-c3ccc(C(=O)NCCCc4cn[nH]c4)cc3C#Cc3ccccc3)c2)cc1. The topological polar surface area (TPSA) is 211 Å². The number of hydrogen-bond acceptors (Lipinski definition) is 9. The summed E-state index contributed by atoms with van der Waals surface area (Å²) in [5.74, 6) is 19.6. The molecule has 0 aliphatic heterocycles. The van der Waals surface area contributed by atoms with Gasteiger partial charge < -0.3 is 20.9 Å². The fourth-order valence-electron chi connectivity index (χ4n) is 10.1. The van der Waals surface area contributed by atoms with Crippen molar-refractivity contribution in [1.82, 2.24) is 61.3 Å². The first-order valence-corrected chi connectivity index (χ1v) is 29.3. The summed E-state index contributed by atoms with van der Waals surface area (Å²) in [5, 5.41) is 37.7. The summed E-state index contributed by atoms with van der Waals surface area (Å²) in [6.07, 6.45) is 22.9. The van der Waals surface area contributed by atoms with Crippen molar-refractivity contribution in [3.8, 4) is 58.0 Å². The predicted molar refractivity (Wildman–Crippen MR) is 342 cm³/mol. The van der Waals surface area contributed by atoms with Crippen LogP contribution in [0.5, 0.6) is 0 Å². The molecule has 11 aromatic rings. The predicted octanol–water partition coefficient (Wildman–Crippen LogP) is 9.30. The smallest absolute Gasteiger partial charge is 0.251 e. The molecule has 11 rings (SSSR count). The zero-order valence-electron chi connectivity index (χ0n) is 49.0. The Hall–Kier alpha value is -11.9. The zero-order valence-corrected chi connectivity index (χ0v) is 49.0. The van der Waals surface area contributed by atoms with Crippen LogP contribution in [0.15, 0.2) is 208 Å². The molecule has 0 fully saturated rings. The van der Waals surface area contributed by atoms with Gasteiger partial charge in [-0.25, -0.2) is 0 Å². The minimum Gasteiger partial charge on any atom is -0.369 e. The minimum atomic E-state index is -0.187. The maximum absolute atomic E-state index is 13.7. The van der Waals surface area contributed by atoms with Crippen molar-refractivity contribution in [2.75, 3.05) is 31.6 Å². The number of aryl methyl sites for hydroxylation is 3. The molecular weight excluding hydrogens is 1110 g/mol. The summed E-state index contributed by atoms with van der Waals surface area (Å²) in [7, 11) is 2.00. The zero-order chi connectivity index (χ0) is 61.0. The van der Waals surface area contributed by atoms with Gasteiger partial charge in [-0.15, -0.1) is 10.2 Å². The number of carbonyl (C=O) groups is 3. The number of nitrogens with zero attached hydrogens (tertiary/aromatic N) is 8. The maximum Gasteiger partial charge on any atom is 0.251 e. The molecule has 17 heteroatoms. The number of anilines is 1. The molecule has 89 heavy (non-hydrogen) atoms. The fourth-order valence-corrected chi connectivity index (χ4v) is 10.1. The molecule has 17 nitrogen and oxygen atoms in total. The average Bonchev–Trinajstić information content (AvgIpc) is 2.17. The van der Waals surface area contributed by atoms with E-state index in [4.69, 9.17) is 0 Å². The number of aromatic nitrogens is 10. The quantitative estimate of drug-likeness (QED) is 0.0230. The summed E-state index contributed by atoms with van der Waals surface area (Å²) in [4.78, 5) is 42.6. The molecule has 3 amide bonds. The number of aromatic amines is 3. The van der Waals surface area contributed by atoms with Crippen LogP contribution in [0, 0.1) is 35.5 Å². The first-order chi connectivity index (χ1) is 43.7. The molecule has 5 heterocycles. The van der Waals surface area contributed by atoms with Crippen LogP contribution in [0.4, 0.5) is 5.69 Å². The Balaban J connectivity index is 0.815. The number of carbonyl (C=O) groups excluding carboxylic acids is 3. The second kappa shape index (κ2) is 29.3. The third-order valence-corrected chi connectivity index (χ3v) is 14.8. The highest BCUT2D eigenvalue weighted by Crippen LogP contribution is 2.26. The van der Waals surface area contributed by atoms with Crippen molar-refractivity contribution < 1.29 is 19.0 Å². The Morgan fingerprint density at radius 1 is 0.506 bits per heavy atom. The van der Waals surface area contributed by atoms with E-state index in [1.807, 2.05) is 159 Å². The second-order valence-corrected chi connectivity index (χ2v) is 21.2. The van der Waals surface area contributed by atoms with Gasteiger partial charge in [0.15, 0.2) is 12.4 Å². The van der Waals surface area contributed by atoms with Crippen molar-refractivity contribution in [2.24, 2.45) is 0 Å². The van der Waals surface area contributed by atoms with Gasteiger partial charge in [0.1, 0.15) is 12.7 Å². The molecular formula is C72H63N14O3+. The normalized spacial score (nSPS) is 10.6. The van der Waals surface area contributed by atoms with E-state index >= 15 is 0 Å². The molecule has 5 aromatic heterocycles. The third kappa shape index (κ3) is 16.1. The van der Waals surface area contributed by atoms with E-state index in [-0.39, 0.29) is 17.7 Å². The molecule has 0 saturated carbocycles. The number of hydrogen-bond donors (Lipinski definition) is 6. The second-order valence-electron chi connectivity index (χ2n) is 21.2. The Morgan fingerprint density at radius 2 is 1.03 bits per heavy atom. The van der Waals surface area contributed by atoms with Crippen molar-refractivity contribution in [3.63, 3.8) is 0 Å². The number of rotatable bonds is 21. The lowest BCUT2D eigenvalue weighted by Crippen LogP contribution is -2.29. The van der Waals surface area contributed by atoms with E-state index in [0.29, 0.717) is 54.0 Å². The molecule has 0 bridgehead atoms. The van der Waals surface area contributed by atoms with Crippen LogP contribution in [-0.4, -0.2) is 89.8 Å². The fraction of sp³-hybridized carbons (Fsp3) is 0.153.